The summed E-state index contributed by atoms with van der Waals surface area (Å²) in [6.45, 7) is 0. The standard InChI is InChI=1S/C13H10BrNO/c14-11-5-3-4-10(8-11)9-15-12-6-1-2-7-13(12)16/h1-9,16H/b15-9+. The van der Waals surface area contributed by atoms with Crippen LogP contribution < -0.4 is 0 Å². The van der Waals surface area contributed by atoms with Gasteiger partial charge in [-0.2, -0.15) is 0 Å². The van der Waals surface area contributed by atoms with Crippen LogP contribution in [0.4, 0.5) is 5.69 Å². The summed E-state index contributed by atoms with van der Waals surface area (Å²) in [6.07, 6.45) is 1.72. The summed E-state index contributed by atoms with van der Waals surface area (Å²) < 4.78 is 1.01. The van der Waals surface area contributed by atoms with Crippen LogP contribution >= 0.6 is 15.9 Å². The highest BCUT2D eigenvalue weighted by Gasteiger charge is 1.95. The van der Waals surface area contributed by atoms with Crippen molar-refractivity contribution >= 4 is 27.8 Å². The molecule has 0 aromatic heterocycles. The zero-order valence-electron chi connectivity index (χ0n) is 8.47. The van der Waals surface area contributed by atoms with Gasteiger partial charge in [-0.25, -0.2) is 0 Å². The number of hydrogen-bond donors (Lipinski definition) is 1. The highest BCUT2D eigenvalue weighted by Crippen LogP contribution is 2.24. The maximum absolute atomic E-state index is 9.52. The van der Waals surface area contributed by atoms with Crippen molar-refractivity contribution in [3.05, 3.63) is 58.6 Å². The predicted octanol–water partition coefficient (Wildman–Crippen LogP) is 3.91. The number of halogens is 1. The van der Waals surface area contributed by atoms with Crippen LogP contribution in [-0.2, 0) is 0 Å². The van der Waals surface area contributed by atoms with Crippen LogP contribution in [0.5, 0.6) is 5.75 Å². The summed E-state index contributed by atoms with van der Waals surface area (Å²) in [4.78, 5) is 4.22. The maximum Gasteiger partial charge on any atom is 0.141 e. The molecule has 0 unspecified atom stereocenters. The van der Waals surface area contributed by atoms with E-state index in [2.05, 4.69) is 20.9 Å². The molecule has 0 bridgehead atoms. The Morgan fingerprint density at radius 3 is 2.62 bits per heavy atom. The molecule has 0 heterocycles. The van der Waals surface area contributed by atoms with E-state index in [0.29, 0.717) is 5.69 Å². The molecule has 0 aliphatic carbocycles. The lowest BCUT2D eigenvalue weighted by atomic mass is 10.2. The first-order valence-corrected chi connectivity index (χ1v) is 5.62. The topological polar surface area (TPSA) is 32.6 Å². The number of aromatic hydroxyl groups is 1. The first-order chi connectivity index (χ1) is 7.75. The average Bonchev–Trinajstić information content (AvgIpc) is 2.28. The Balaban J connectivity index is 2.25. The van der Waals surface area contributed by atoms with Crippen molar-refractivity contribution in [1.82, 2.24) is 0 Å². The van der Waals surface area contributed by atoms with Gasteiger partial charge in [0.1, 0.15) is 11.4 Å². The molecular weight excluding hydrogens is 266 g/mol. The Bertz CT molecular complexity index is 523. The number of rotatable bonds is 2. The molecule has 2 aromatic rings. The molecule has 80 valence electrons. The van der Waals surface area contributed by atoms with E-state index in [9.17, 15) is 5.11 Å². The van der Waals surface area contributed by atoms with Crippen molar-refractivity contribution in [2.75, 3.05) is 0 Å². The Kier molecular flexibility index (Phi) is 3.37. The van der Waals surface area contributed by atoms with E-state index in [1.807, 2.05) is 30.3 Å². The molecule has 2 rings (SSSR count). The first kappa shape index (κ1) is 10.9. The molecular formula is C13H10BrNO. The molecule has 0 saturated heterocycles. The normalized spacial score (nSPS) is 10.8. The van der Waals surface area contributed by atoms with Gasteiger partial charge in [-0.15, -0.1) is 0 Å². The van der Waals surface area contributed by atoms with Crippen molar-refractivity contribution in [3.63, 3.8) is 0 Å². The van der Waals surface area contributed by atoms with E-state index in [-0.39, 0.29) is 5.75 Å². The van der Waals surface area contributed by atoms with Crippen molar-refractivity contribution in [3.8, 4) is 5.75 Å². The number of hydrogen-bond acceptors (Lipinski definition) is 2. The fourth-order valence-electron chi connectivity index (χ4n) is 1.30. The van der Waals surface area contributed by atoms with Crippen LogP contribution in [-0.4, -0.2) is 11.3 Å². The van der Waals surface area contributed by atoms with Crippen LogP contribution in [0.3, 0.4) is 0 Å². The Labute approximate surface area is 102 Å². The smallest absolute Gasteiger partial charge is 0.141 e. The van der Waals surface area contributed by atoms with E-state index in [0.717, 1.165) is 10.0 Å². The molecule has 0 fully saturated rings. The van der Waals surface area contributed by atoms with Gasteiger partial charge in [0.15, 0.2) is 0 Å². The molecule has 0 radical (unpaired) electrons. The minimum atomic E-state index is 0.189. The number of phenolic OH excluding ortho intramolecular Hbond substituents is 1. The second-order valence-corrected chi connectivity index (χ2v) is 4.22. The highest BCUT2D eigenvalue weighted by atomic mass is 79.9. The monoisotopic (exact) mass is 275 g/mol. The minimum Gasteiger partial charge on any atom is -0.506 e. The second-order valence-electron chi connectivity index (χ2n) is 3.30. The molecule has 0 saturated carbocycles. The third-order valence-electron chi connectivity index (χ3n) is 2.08. The van der Waals surface area contributed by atoms with Crippen LogP contribution in [0.15, 0.2) is 58.0 Å². The van der Waals surface area contributed by atoms with Gasteiger partial charge in [0, 0.05) is 10.7 Å². The zero-order valence-corrected chi connectivity index (χ0v) is 10.1. The van der Waals surface area contributed by atoms with Gasteiger partial charge < -0.3 is 5.11 Å². The summed E-state index contributed by atoms with van der Waals surface area (Å²) in [5.74, 6) is 0.189. The average molecular weight is 276 g/mol. The Hall–Kier alpha value is -1.61. The lowest BCUT2D eigenvalue weighted by Gasteiger charge is -1.97. The SMILES string of the molecule is Oc1ccccc1/N=C/c1cccc(Br)c1. The Morgan fingerprint density at radius 1 is 1.06 bits per heavy atom. The van der Waals surface area contributed by atoms with Gasteiger partial charge in [0.25, 0.3) is 0 Å². The van der Waals surface area contributed by atoms with Gasteiger partial charge in [0.2, 0.25) is 0 Å². The van der Waals surface area contributed by atoms with Crippen LogP contribution in [0, 0.1) is 0 Å². The fraction of sp³-hybridized carbons (Fsp3) is 0. The van der Waals surface area contributed by atoms with Crippen molar-refractivity contribution in [1.29, 1.82) is 0 Å². The number of para-hydroxylation sites is 2. The molecule has 0 spiro atoms. The second kappa shape index (κ2) is 4.94. The third kappa shape index (κ3) is 2.70. The van der Waals surface area contributed by atoms with Gasteiger partial charge >= 0.3 is 0 Å². The lowest BCUT2D eigenvalue weighted by Crippen LogP contribution is -1.79. The molecule has 2 aromatic carbocycles. The van der Waals surface area contributed by atoms with Crippen LogP contribution in [0.25, 0.3) is 0 Å². The third-order valence-corrected chi connectivity index (χ3v) is 2.58. The van der Waals surface area contributed by atoms with Crippen molar-refractivity contribution in [2.45, 2.75) is 0 Å². The fourth-order valence-corrected chi connectivity index (χ4v) is 1.72. The summed E-state index contributed by atoms with van der Waals surface area (Å²) in [5.41, 5.74) is 1.56. The zero-order chi connectivity index (χ0) is 11.4. The molecule has 1 N–H and O–H groups in total. The molecule has 2 nitrogen and oxygen atoms in total. The molecule has 0 aliphatic heterocycles. The quantitative estimate of drug-likeness (QED) is 0.829. The number of benzene rings is 2. The van der Waals surface area contributed by atoms with E-state index < -0.39 is 0 Å². The van der Waals surface area contributed by atoms with Gasteiger partial charge in [-0.05, 0) is 29.8 Å². The number of phenols is 1. The van der Waals surface area contributed by atoms with Gasteiger partial charge in [-0.3, -0.25) is 4.99 Å². The van der Waals surface area contributed by atoms with Crippen LogP contribution in [0.2, 0.25) is 0 Å². The summed E-state index contributed by atoms with van der Waals surface area (Å²) in [5, 5.41) is 9.52. The van der Waals surface area contributed by atoms with E-state index in [4.69, 9.17) is 0 Å². The molecule has 0 atom stereocenters. The summed E-state index contributed by atoms with van der Waals surface area (Å²) >= 11 is 3.39. The summed E-state index contributed by atoms with van der Waals surface area (Å²) in [7, 11) is 0. The number of aliphatic imine (C=N–C) groups is 1. The largest absolute Gasteiger partial charge is 0.506 e. The highest BCUT2D eigenvalue weighted by molar-refractivity contribution is 9.10. The van der Waals surface area contributed by atoms with Gasteiger partial charge in [-0.1, -0.05) is 40.2 Å². The number of nitrogens with zero attached hydrogens (tertiary/aromatic N) is 1. The molecule has 16 heavy (non-hydrogen) atoms. The molecule has 3 heteroatoms. The minimum absolute atomic E-state index is 0.189. The van der Waals surface area contributed by atoms with E-state index >= 15 is 0 Å². The van der Waals surface area contributed by atoms with Gasteiger partial charge in [0.05, 0.1) is 0 Å². The van der Waals surface area contributed by atoms with Crippen molar-refractivity contribution < 1.29 is 5.11 Å². The predicted molar refractivity (Wildman–Crippen MR) is 69.5 cm³/mol. The van der Waals surface area contributed by atoms with E-state index in [1.54, 1.807) is 24.4 Å². The summed E-state index contributed by atoms with van der Waals surface area (Å²) in [6, 6.07) is 14.8. The van der Waals surface area contributed by atoms with E-state index in [1.165, 1.54) is 0 Å². The molecule has 0 amide bonds. The molecule has 0 aliphatic rings. The Morgan fingerprint density at radius 2 is 1.88 bits per heavy atom. The van der Waals surface area contributed by atoms with Crippen molar-refractivity contribution in [2.24, 2.45) is 4.99 Å². The lowest BCUT2D eigenvalue weighted by molar-refractivity contribution is 0.477. The first-order valence-electron chi connectivity index (χ1n) is 4.83. The maximum atomic E-state index is 9.52. The van der Waals surface area contributed by atoms with Crippen LogP contribution in [0.1, 0.15) is 5.56 Å².